The van der Waals surface area contributed by atoms with E-state index in [0.29, 0.717) is 0 Å². The molecule has 0 amide bonds. The molecule has 1 rings (SSSR count). The predicted molar refractivity (Wildman–Crippen MR) is 62.1 cm³/mol. The molecule has 13 heavy (non-hydrogen) atoms. The molecule has 1 aliphatic rings. The van der Waals surface area contributed by atoms with E-state index in [1.165, 1.54) is 32.4 Å². The fourth-order valence-electron chi connectivity index (χ4n) is 1.54. The summed E-state index contributed by atoms with van der Waals surface area (Å²) in [4.78, 5) is 4.92. The van der Waals surface area contributed by atoms with Crippen molar-refractivity contribution >= 4 is 0 Å². The zero-order chi connectivity index (χ0) is 8.10. The lowest BCUT2D eigenvalue weighted by atomic mass is 10.1. The number of nitrogens with zero attached hydrogens (tertiary/aromatic N) is 2. The number of likely N-dealkylation sites (tertiary alicyclic amines) is 1. The van der Waals surface area contributed by atoms with Gasteiger partial charge in [-0.05, 0) is 39.5 Å². The van der Waals surface area contributed by atoms with Crippen molar-refractivity contribution in [1.29, 1.82) is 0 Å². The third-order valence-corrected chi connectivity index (χ3v) is 2.43. The lowest BCUT2D eigenvalue weighted by Crippen LogP contribution is -2.38. The molecule has 0 N–H and O–H groups in total. The van der Waals surface area contributed by atoms with Gasteiger partial charge in [-0.1, -0.05) is 28.2 Å². The minimum absolute atomic E-state index is 0. The van der Waals surface area contributed by atoms with Gasteiger partial charge in [0.25, 0.3) is 0 Å². The summed E-state index contributed by atoms with van der Waals surface area (Å²) in [5.41, 5.74) is 0. The first-order valence-corrected chi connectivity index (χ1v) is 4.74. The molecule has 0 aliphatic carbocycles. The quantitative estimate of drug-likeness (QED) is 0.672. The third-order valence-electron chi connectivity index (χ3n) is 2.43. The van der Waals surface area contributed by atoms with E-state index < -0.39 is 0 Å². The Morgan fingerprint density at radius 2 is 1.62 bits per heavy atom. The van der Waals surface area contributed by atoms with E-state index in [9.17, 15) is 0 Å². The van der Waals surface area contributed by atoms with Crippen molar-refractivity contribution in [2.45, 2.75) is 41.0 Å². The molecule has 1 saturated heterocycles. The normalized spacial score (nSPS) is 17.8. The van der Waals surface area contributed by atoms with Gasteiger partial charge < -0.3 is 0 Å². The topological polar surface area (TPSA) is 6.48 Å². The van der Waals surface area contributed by atoms with Crippen molar-refractivity contribution in [2.24, 2.45) is 0 Å². The predicted octanol–water partition coefficient (Wildman–Crippen LogP) is 2.65. The molecule has 1 fully saturated rings. The lowest BCUT2D eigenvalue weighted by Gasteiger charge is -2.30. The molecule has 2 nitrogen and oxygen atoms in total. The van der Waals surface area contributed by atoms with Crippen molar-refractivity contribution in [3.8, 4) is 0 Å². The van der Waals surface area contributed by atoms with E-state index in [1.54, 1.807) is 0 Å². The van der Waals surface area contributed by atoms with Gasteiger partial charge in [0.15, 0.2) is 0 Å². The molecule has 0 saturated carbocycles. The molecule has 0 radical (unpaired) electrons. The van der Waals surface area contributed by atoms with Crippen molar-refractivity contribution in [1.82, 2.24) is 9.80 Å². The average Bonchev–Trinajstić information content (AvgIpc) is 2.06. The van der Waals surface area contributed by atoms with Crippen LogP contribution in [0.2, 0.25) is 0 Å². The van der Waals surface area contributed by atoms with Gasteiger partial charge in [-0.3, -0.25) is 9.80 Å². The van der Waals surface area contributed by atoms with Crippen molar-refractivity contribution < 1.29 is 0 Å². The molecule has 1 aliphatic heterocycles. The minimum Gasteiger partial charge on any atom is -0.294 e. The van der Waals surface area contributed by atoms with E-state index in [4.69, 9.17) is 0 Å². The third kappa shape index (κ3) is 6.05. The summed E-state index contributed by atoms with van der Waals surface area (Å²) in [6.45, 7) is 7.16. The first kappa shape index (κ1) is 15.4. The Morgan fingerprint density at radius 3 is 2.08 bits per heavy atom. The number of hydrogen-bond acceptors (Lipinski definition) is 2. The molecule has 2 heteroatoms. The van der Waals surface area contributed by atoms with Gasteiger partial charge in [-0.25, -0.2) is 0 Å². The van der Waals surface area contributed by atoms with Gasteiger partial charge in [-0.15, -0.1) is 0 Å². The Balaban J connectivity index is 0. The van der Waals surface area contributed by atoms with Gasteiger partial charge in [0.2, 0.25) is 0 Å². The summed E-state index contributed by atoms with van der Waals surface area (Å²) < 4.78 is 0. The van der Waals surface area contributed by atoms with Crippen LogP contribution in [0.4, 0.5) is 0 Å². The van der Waals surface area contributed by atoms with E-state index in [2.05, 4.69) is 23.8 Å². The second kappa shape index (κ2) is 8.52. The molecule has 0 aromatic carbocycles. The molecule has 0 spiro atoms. The Labute approximate surface area is 84.9 Å². The van der Waals surface area contributed by atoms with Crippen molar-refractivity contribution in [2.75, 3.05) is 33.4 Å². The van der Waals surface area contributed by atoms with Crippen LogP contribution in [0.5, 0.6) is 0 Å². The lowest BCUT2D eigenvalue weighted by molar-refractivity contribution is 0.137. The molecule has 0 unspecified atom stereocenters. The van der Waals surface area contributed by atoms with Crippen LogP contribution in [0.1, 0.15) is 41.0 Å². The molecule has 1 heterocycles. The first-order valence-electron chi connectivity index (χ1n) is 4.74. The van der Waals surface area contributed by atoms with Gasteiger partial charge in [0.05, 0.1) is 6.67 Å². The van der Waals surface area contributed by atoms with Crippen LogP contribution in [0.15, 0.2) is 0 Å². The van der Waals surface area contributed by atoms with Crippen molar-refractivity contribution in [3.63, 3.8) is 0 Å². The highest BCUT2D eigenvalue weighted by atomic mass is 15.3. The second-order valence-corrected chi connectivity index (χ2v) is 3.49. The zero-order valence-electron chi connectivity index (χ0n) is 7.84. The van der Waals surface area contributed by atoms with Gasteiger partial charge in [0, 0.05) is 0 Å². The largest absolute Gasteiger partial charge is 0.294 e. The summed E-state index contributed by atoms with van der Waals surface area (Å²) >= 11 is 0. The highest BCUT2D eigenvalue weighted by Gasteiger charge is 2.10. The maximum Gasteiger partial charge on any atom is 0.0503 e. The summed E-state index contributed by atoms with van der Waals surface area (Å²) in [5.74, 6) is 0. The highest BCUT2D eigenvalue weighted by molar-refractivity contribution is 4.63. The van der Waals surface area contributed by atoms with Crippen LogP contribution in [-0.2, 0) is 0 Å². The monoisotopic (exact) mass is 188 g/mol. The van der Waals surface area contributed by atoms with Crippen LogP contribution in [0.25, 0.3) is 0 Å². The van der Waals surface area contributed by atoms with E-state index in [-0.39, 0.29) is 14.9 Å². The summed E-state index contributed by atoms with van der Waals surface area (Å²) in [6, 6.07) is 0. The van der Waals surface area contributed by atoms with E-state index >= 15 is 0 Å². The molecule has 82 valence electrons. The van der Waals surface area contributed by atoms with Gasteiger partial charge >= 0.3 is 0 Å². The Bertz CT molecular complexity index is 98.3. The van der Waals surface area contributed by atoms with Crippen LogP contribution in [0, 0.1) is 0 Å². The van der Waals surface area contributed by atoms with Crippen LogP contribution < -0.4 is 0 Å². The molecule has 0 aromatic heterocycles. The number of hydrogen-bond donors (Lipinski definition) is 0. The highest BCUT2D eigenvalue weighted by Crippen LogP contribution is 2.08. The van der Waals surface area contributed by atoms with Crippen LogP contribution in [-0.4, -0.2) is 43.2 Å². The summed E-state index contributed by atoms with van der Waals surface area (Å²) in [6.07, 6.45) is 4.24. The first-order chi connectivity index (χ1) is 5.33. The van der Waals surface area contributed by atoms with Crippen LogP contribution in [0.3, 0.4) is 0 Å². The maximum atomic E-state index is 2.55. The smallest absolute Gasteiger partial charge is 0.0503 e. The summed E-state index contributed by atoms with van der Waals surface area (Å²) in [5, 5.41) is 0. The average molecular weight is 188 g/mol. The zero-order valence-corrected chi connectivity index (χ0v) is 7.84. The molecular formula is C11H28N2. The van der Waals surface area contributed by atoms with E-state index in [0.717, 1.165) is 13.2 Å². The Hall–Kier alpha value is -0.0800. The molecule has 0 aromatic rings. The maximum absolute atomic E-state index is 2.55. The van der Waals surface area contributed by atoms with Gasteiger partial charge in [0.1, 0.15) is 0 Å². The second-order valence-electron chi connectivity index (χ2n) is 3.49. The molecular weight excluding hydrogens is 160 g/mol. The number of rotatable bonds is 3. The Morgan fingerprint density at radius 1 is 1.08 bits per heavy atom. The SMILES string of the molecule is C.C.CCN(C)CN1CCCCC1. The fourth-order valence-corrected chi connectivity index (χ4v) is 1.54. The van der Waals surface area contributed by atoms with Crippen LogP contribution >= 0.6 is 0 Å². The van der Waals surface area contributed by atoms with E-state index in [1.807, 2.05) is 0 Å². The molecule has 0 bridgehead atoms. The molecule has 0 atom stereocenters. The Kier molecular flexibility index (Phi) is 10.1. The number of piperidine rings is 1. The van der Waals surface area contributed by atoms with Crippen molar-refractivity contribution in [3.05, 3.63) is 0 Å². The standard InChI is InChI=1S/C9H20N2.2CH4/c1-3-10(2)9-11-7-5-4-6-8-11;;/h3-9H2,1-2H3;2*1H4. The van der Waals surface area contributed by atoms with Gasteiger partial charge in [-0.2, -0.15) is 0 Å². The summed E-state index contributed by atoms with van der Waals surface area (Å²) in [7, 11) is 2.19. The minimum atomic E-state index is 0. The fraction of sp³-hybridized carbons (Fsp3) is 1.00.